The molecule has 7 heteroatoms. The molecule has 0 fully saturated rings. The summed E-state index contributed by atoms with van der Waals surface area (Å²) in [6.07, 6.45) is 0. The van der Waals surface area contributed by atoms with Crippen molar-refractivity contribution in [3.8, 4) is 0 Å². The number of anilines is 2. The summed E-state index contributed by atoms with van der Waals surface area (Å²) in [6.45, 7) is 0.435. The number of nitrogens with zero attached hydrogens (tertiary/aromatic N) is 2. The van der Waals surface area contributed by atoms with Gasteiger partial charge in [-0.1, -0.05) is 53.5 Å². The molecule has 1 amide bonds. The van der Waals surface area contributed by atoms with Gasteiger partial charge in [0.2, 0.25) is 0 Å². The van der Waals surface area contributed by atoms with E-state index in [2.05, 4.69) is 20.8 Å². The molecule has 2 aromatic carbocycles. The summed E-state index contributed by atoms with van der Waals surface area (Å²) in [5, 5.41) is 14.7. The third-order valence-corrected chi connectivity index (χ3v) is 4.12. The lowest BCUT2D eigenvalue weighted by Crippen LogP contribution is -2.24. The Morgan fingerprint density at radius 2 is 1.72 bits per heavy atom. The Balaban J connectivity index is 1.61. The van der Waals surface area contributed by atoms with Crippen LogP contribution in [0.4, 0.5) is 11.5 Å². The van der Waals surface area contributed by atoms with Crippen molar-refractivity contribution in [2.45, 2.75) is 6.54 Å². The SMILES string of the molecule is O=C(NCc1ccccc1)c1ccc(Nc2ccc(Cl)c(Cl)c2)nn1. The molecule has 5 nitrogen and oxygen atoms in total. The van der Waals surface area contributed by atoms with Crippen LogP contribution in [0.2, 0.25) is 10.0 Å². The predicted octanol–water partition coefficient (Wildman–Crippen LogP) is 4.46. The van der Waals surface area contributed by atoms with Crippen LogP contribution in [0.25, 0.3) is 0 Å². The third-order valence-electron chi connectivity index (χ3n) is 3.39. The lowest BCUT2D eigenvalue weighted by Gasteiger charge is -2.07. The maximum absolute atomic E-state index is 12.1. The first-order chi connectivity index (χ1) is 12.1. The van der Waals surface area contributed by atoms with E-state index in [-0.39, 0.29) is 11.6 Å². The van der Waals surface area contributed by atoms with Gasteiger partial charge in [-0.15, -0.1) is 10.2 Å². The van der Waals surface area contributed by atoms with Crippen molar-refractivity contribution in [3.63, 3.8) is 0 Å². The van der Waals surface area contributed by atoms with E-state index in [9.17, 15) is 4.79 Å². The van der Waals surface area contributed by atoms with Crippen LogP contribution in [-0.2, 0) is 6.54 Å². The van der Waals surface area contributed by atoms with Crippen LogP contribution in [0.15, 0.2) is 60.7 Å². The van der Waals surface area contributed by atoms with Gasteiger partial charge in [0.25, 0.3) is 5.91 Å². The maximum Gasteiger partial charge on any atom is 0.272 e. The average molecular weight is 373 g/mol. The summed E-state index contributed by atoms with van der Waals surface area (Å²) in [5.74, 6) is 0.218. The van der Waals surface area contributed by atoms with Crippen LogP contribution in [-0.4, -0.2) is 16.1 Å². The van der Waals surface area contributed by atoms with Crippen molar-refractivity contribution in [2.24, 2.45) is 0 Å². The van der Waals surface area contributed by atoms with E-state index < -0.39 is 0 Å². The number of halogens is 2. The molecule has 2 N–H and O–H groups in total. The fraction of sp³-hybridized carbons (Fsp3) is 0.0556. The molecule has 0 saturated carbocycles. The Kier molecular flexibility index (Phi) is 5.48. The lowest BCUT2D eigenvalue weighted by atomic mass is 10.2. The van der Waals surface area contributed by atoms with Gasteiger partial charge in [0.15, 0.2) is 11.5 Å². The summed E-state index contributed by atoms with van der Waals surface area (Å²) >= 11 is 11.9. The highest BCUT2D eigenvalue weighted by Gasteiger charge is 2.08. The molecule has 0 unspecified atom stereocenters. The molecular weight excluding hydrogens is 359 g/mol. The first kappa shape index (κ1) is 17.2. The molecule has 0 aliphatic carbocycles. The van der Waals surface area contributed by atoms with Gasteiger partial charge in [-0.05, 0) is 35.9 Å². The average Bonchev–Trinajstić information content (AvgIpc) is 2.64. The number of carbonyl (C=O) groups is 1. The quantitative estimate of drug-likeness (QED) is 0.693. The van der Waals surface area contributed by atoms with Crippen LogP contribution >= 0.6 is 23.2 Å². The third kappa shape index (κ3) is 4.68. The molecule has 0 aliphatic heterocycles. The fourth-order valence-electron chi connectivity index (χ4n) is 2.11. The van der Waals surface area contributed by atoms with Crippen LogP contribution in [0.1, 0.15) is 16.1 Å². The van der Waals surface area contributed by atoms with Crippen molar-refractivity contribution in [1.82, 2.24) is 15.5 Å². The highest BCUT2D eigenvalue weighted by molar-refractivity contribution is 6.42. The molecule has 0 atom stereocenters. The molecule has 1 aromatic heterocycles. The van der Waals surface area contributed by atoms with E-state index in [0.717, 1.165) is 11.3 Å². The zero-order chi connectivity index (χ0) is 17.6. The Bertz CT molecular complexity index is 870. The molecule has 0 saturated heterocycles. The molecular formula is C18H14Cl2N4O. The summed E-state index contributed by atoms with van der Waals surface area (Å²) < 4.78 is 0. The van der Waals surface area contributed by atoms with Gasteiger partial charge >= 0.3 is 0 Å². The standard InChI is InChI=1S/C18H14Cl2N4O/c19-14-7-6-13(10-15(14)20)22-17-9-8-16(23-24-17)18(25)21-11-12-4-2-1-3-5-12/h1-10H,11H2,(H,21,25)(H,22,24). The highest BCUT2D eigenvalue weighted by Crippen LogP contribution is 2.26. The van der Waals surface area contributed by atoms with Gasteiger partial charge in [-0.25, -0.2) is 0 Å². The Labute approximate surface area is 155 Å². The highest BCUT2D eigenvalue weighted by atomic mass is 35.5. The molecule has 0 radical (unpaired) electrons. The van der Waals surface area contributed by atoms with Gasteiger partial charge in [0, 0.05) is 12.2 Å². The van der Waals surface area contributed by atoms with E-state index in [1.165, 1.54) is 0 Å². The first-order valence-corrected chi connectivity index (χ1v) is 8.25. The summed E-state index contributed by atoms with van der Waals surface area (Å²) in [7, 11) is 0. The van der Waals surface area contributed by atoms with Crippen molar-refractivity contribution in [3.05, 3.63) is 82.0 Å². The second-order valence-corrected chi connectivity index (χ2v) is 6.04. The number of aromatic nitrogens is 2. The summed E-state index contributed by atoms with van der Waals surface area (Å²) in [5.41, 5.74) is 1.99. The van der Waals surface area contributed by atoms with Crippen molar-refractivity contribution < 1.29 is 4.79 Å². The number of hydrogen-bond acceptors (Lipinski definition) is 4. The van der Waals surface area contributed by atoms with Gasteiger partial charge in [0.1, 0.15) is 0 Å². The lowest BCUT2D eigenvalue weighted by molar-refractivity contribution is 0.0945. The molecule has 0 aliphatic rings. The van der Waals surface area contributed by atoms with Gasteiger partial charge in [-0.2, -0.15) is 0 Å². The predicted molar refractivity (Wildman–Crippen MR) is 99.4 cm³/mol. The van der Waals surface area contributed by atoms with Crippen LogP contribution in [0.5, 0.6) is 0 Å². The second-order valence-electron chi connectivity index (χ2n) is 5.23. The smallest absolute Gasteiger partial charge is 0.272 e. The number of hydrogen-bond donors (Lipinski definition) is 2. The van der Waals surface area contributed by atoms with E-state index in [1.54, 1.807) is 30.3 Å². The zero-order valence-corrected chi connectivity index (χ0v) is 14.6. The largest absolute Gasteiger partial charge is 0.347 e. The topological polar surface area (TPSA) is 66.9 Å². The van der Waals surface area contributed by atoms with Crippen LogP contribution in [0.3, 0.4) is 0 Å². The number of benzene rings is 2. The number of amides is 1. The fourth-order valence-corrected chi connectivity index (χ4v) is 2.41. The van der Waals surface area contributed by atoms with E-state index in [1.807, 2.05) is 30.3 Å². The zero-order valence-electron chi connectivity index (χ0n) is 13.0. The molecule has 126 valence electrons. The Hall–Kier alpha value is -2.63. The first-order valence-electron chi connectivity index (χ1n) is 7.50. The van der Waals surface area contributed by atoms with Gasteiger partial charge < -0.3 is 10.6 Å². The van der Waals surface area contributed by atoms with Crippen LogP contribution < -0.4 is 10.6 Å². The minimum atomic E-state index is -0.280. The van der Waals surface area contributed by atoms with Crippen molar-refractivity contribution >= 4 is 40.6 Å². The van der Waals surface area contributed by atoms with Gasteiger partial charge in [-0.3, -0.25) is 4.79 Å². The maximum atomic E-state index is 12.1. The molecule has 1 heterocycles. The Morgan fingerprint density at radius 3 is 2.40 bits per heavy atom. The number of nitrogens with one attached hydrogen (secondary N) is 2. The van der Waals surface area contributed by atoms with Crippen molar-refractivity contribution in [2.75, 3.05) is 5.32 Å². The normalized spacial score (nSPS) is 10.3. The summed E-state index contributed by atoms with van der Waals surface area (Å²) in [4.78, 5) is 12.1. The molecule has 3 aromatic rings. The molecule has 25 heavy (non-hydrogen) atoms. The minimum Gasteiger partial charge on any atom is -0.347 e. The monoisotopic (exact) mass is 372 g/mol. The molecule has 0 bridgehead atoms. The van der Waals surface area contributed by atoms with E-state index in [0.29, 0.717) is 22.4 Å². The van der Waals surface area contributed by atoms with Crippen LogP contribution in [0, 0.1) is 0 Å². The van der Waals surface area contributed by atoms with Gasteiger partial charge in [0.05, 0.1) is 10.0 Å². The van der Waals surface area contributed by atoms with E-state index in [4.69, 9.17) is 23.2 Å². The second kappa shape index (κ2) is 7.96. The molecule has 3 rings (SSSR count). The number of carbonyl (C=O) groups excluding carboxylic acids is 1. The summed E-state index contributed by atoms with van der Waals surface area (Å²) in [6, 6.07) is 18.1. The van der Waals surface area contributed by atoms with Crippen molar-refractivity contribution in [1.29, 1.82) is 0 Å². The van der Waals surface area contributed by atoms with E-state index >= 15 is 0 Å². The Morgan fingerprint density at radius 1 is 0.920 bits per heavy atom. The molecule has 0 spiro atoms. The minimum absolute atomic E-state index is 0.246. The number of rotatable bonds is 5.